The minimum Gasteiger partial charge on any atom is -0.497 e. The lowest BCUT2D eigenvalue weighted by Crippen LogP contribution is -2.25. The number of fused-ring (bicyclic) bond motifs is 1. The molecule has 1 amide bonds. The maximum absolute atomic E-state index is 13.1. The van der Waals surface area contributed by atoms with Crippen molar-refractivity contribution in [3.05, 3.63) is 83.7 Å². The maximum Gasteiger partial charge on any atom is 0.227 e. The van der Waals surface area contributed by atoms with E-state index in [9.17, 15) is 4.79 Å². The van der Waals surface area contributed by atoms with Crippen LogP contribution < -0.4 is 14.4 Å². The molecular weight excluding hydrogens is 438 g/mol. The number of nitrogens with zero attached hydrogens (tertiary/aromatic N) is 3. The van der Waals surface area contributed by atoms with Gasteiger partial charge in [0.15, 0.2) is 0 Å². The third kappa shape index (κ3) is 4.74. The first-order chi connectivity index (χ1) is 17.0. The molecule has 1 fully saturated rings. The lowest BCUT2D eigenvalue weighted by Gasteiger charge is -2.20. The fourth-order valence-electron chi connectivity index (χ4n) is 4.97. The van der Waals surface area contributed by atoms with E-state index in [1.807, 2.05) is 47.4 Å². The second-order valence-electron chi connectivity index (χ2n) is 9.19. The number of imidazole rings is 1. The summed E-state index contributed by atoms with van der Waals surface area (Å²) in [4.78, 5) is 20.0. The molecule has 0 N–H and O–H groups in total. The first-order valence-corrected chi connectivity index (χ1v) is 12.1. The van der Waals surface area contributed by atoms with Crippen LogP contribution in [0.5, 0.6) is 11.5 Å². The lowest BCUT2D eigenvalue weighted by molar-refractivity contribution is -0.117. The Balaban J connectivity index is 1.34. The van der Waals surface area contributed by atoms with Crippen LogP contribution in [0.2, 0.25) is 0 Å². The Bertz CT molecular complexity index is 1360. The largest absolute Gasteiger partial charge is 0.497 e. The molecule has 5 rings (SSSR count). The average molecular weight is 470 g/mol. The second-order valence-corrected chi connectivity index (χ2v) is 9.19. The van der Waals surface area contributed by atoms with Crippen molar-refractivity contribution in [2.24, 2.45) is 0 Å². The van der Waals surface area contributed by atoms with Gasteiger partial charge < -0.3 is 18.9 Å². The summed E-state index contributed by atoms with van der Waals surface area (Å²) >= 11 is 0. The van der Waals surface area contributed by atoms with E-state index in [2.05, 4.69) is 42.7 Å². The first-order valence-electron chi connectivity index (χ1n) is 12.1. The van der Waals surface area contributed by atoms with E-state index in [0.29, 0.717) is 19.6 Å². The van der Waals surface area contributed by atoms with Gasteiger partial charge in [0.2, 0.25) is 5.91 Å². The van der Waals surface area contributed by atoms with Crippen LogP contribution in [-0.2, 0) is 11.3 Å². The van der Waals surface area contributed by atoms with Gasteiger partial charge in [-0.25, -0.2) is 4.98 Å². The molecule has 0 radical (unpaired) electrons. The van der Waals surface area contributed by atoms with Crippen LogP contribution in [0.25, 0.3) is 11.0 Å². The Labute approximate surface area is 206 Å². The van der Waals surface area contributed by atoms with E-state index < -0.39 is 0 Å². The van der Waals surface area contributed by atoms with Crippen molar-refractivity contribution in [3.8, 4) is 11.5 Å². The predicted octanol–water partition coefficient (Wildman–Crippen LogP) is 5.65. The van der Waals surface area contributed by atoms with Crippen molar-refractivity contribution in [2.45, 2.75) is 39.2 Å². The molecule has 4 aromatic rings. The zero-order valence-electron chi connectivity index (χ0n) is 20.5. The number of carbonyl (C=O) groups excluding carboxylic acids is 1. The van der Waals surface area contributed by atoms with Gasteiger partial charge in [0, 0.05) is 37.2 Å². The maximum atomic E-state index is 13.1. The number of hydrogen-bond acceptors (Lipinski definition) is 4. The molecule has 1 unspecified atom stereocenters. The molecule has 0 aliphatic carbocycles. The van der Waals surface area contributed by atoms with Crippen LogP contribution in [0.4, 0.5) is 5.69 Å². The Morgan fingerprint density at radius 3 is 2.66 bits per heavy atom. The number of aryl methyl sites for hydroxylation is 3. The third-order valence-electron chi connectivity index (χ3n) is 6.65. The van der Waals surface area contributed by atoms with Crippen molar-refractivity contribution in [3.63, 3.8) is 0 Å². The monoisotopic (exact) mass is 469 g/mol. The molecule has 1 atom stereocenters. The Morgan fingerprint density at radius 1 is 1.00 bits per heavy atom. The highest BCUT2D eigenvalue weighted by Gasteiger charge is 2.35. The number of benzene rings is 3. The molecule has 0 bridgehead atoms. The molecule has 180 valence electrons. The Hall–Kier alpha value is -3.80. The summed E-state index contributed by atoms with van der Waals surface area (Å²) in [5.41, 5.74) is 5.39. The van der Waals surface area contributed by atoms with Gasteiger partial charge >= 0.3 is 0 Å². The van der Waals surface area contributed by atoms with Gasteiger partial charge in [-0.15, -0.1) is 0 Å². The molecule has 1 aliphatic rings. The SMILES string of the molecule is COc1cccc(OCCCn2c(C3CC(=O)N(c4ccc(C)cc4C)C3)nc3ccccc32)c1. The molecule has 1 saturated heterocycles. The molecule has 1 aliphatic heterocycles. The van der Waals surface area contributed by atoms with Gasteiger partial charge in [0.05, 0.1) is 24.8 Å². The number of rotatable bonds is 8. The summed E-state index contributed by atoms with van der Waals surface area (Å²) in [5, 5.41) is 0. The molecule has 6 nitrogen and oxygen atoms in total. The van der Waals surface area contributed by atoms with Gasteiger partial charge in [-0.05, 0) is 56.2 Å². The molecule has 35 heavy (non-hydrogen) atoms. The predicted molar refractivity (Wildman–Crippen MR) is 138 cm³/mol. The van der Waals surface area contributed by atoms with E-state index in [0.717, 1.165) is 52.6 Å². The Morgan fingerprint density at radius 2 is 1.83 bits per heavy atom. The van der Waals surface area contributed by atoms with Gasteiger partial charge in [-0.2, -0.15) is 0 Å². The van der Waals surface area contributed by atoms with Crippen LogP contribution in [0.15, 0.2) is 66.7 Å². The molecule has 2 heterocycles. The quantitative estimate of drug-likeness (QED) is 0.313. The van der Waals surface area contributed by atoms with Crippen LogP contribution in [0.1, 0.15) is 35.7 Å². The Kier molecular flexibility index (Phi) is 6.45. The number of methoxy groups -OCH3 is 1. The number of hydrogen-bond donors (Lipinski definition) is 0. The highest BCUT2D eigenvalue weighted by atomic mass is 16.5. The zero-order chi connectivity index (χ0) is 24.4. The van der Waals surface area contributed by atoms with Crippen molar-refractivity contribution >= 4 is 22.6 Å². The number of carbonyl (C=O) groups is 1. The van der Waals surface area contributed by atoms with E-state index in [-0.39, 0.29) is 11.8 Å². The minimum absolute atomic E-state index is 0.0508. The highest BCUT2D eigenvalue weighted by molar-refractivity contribution is 5.97. The van der Waals surface area contributed by atoms with Gasteiger partial charge in [0.1, 0.15) is 17.3 Å². The molecule has 1 aromatic heterocycles. The number of aromatic nitrogens is 2. The highest BCUT2D eigenvalue weighted by Crippen LogP contribution is 2.35. The fraction of sp³-hybridized carbons (Fsp3) is 0.310. The molecule has 0 spiro atoms. The number of para-hydroxylation sites is 2. The van der Waals surface area contributed by atoms with E-state index in [4.69, 9.17) is 14.5 Å². The van der Waals surface area contributed by atoms with E-state index in [1.165, 1.54) is 5.56 Å². The number of ether oxygens (including phenoxy) is 2. The van der Waals surface area contributed by atoms with Crippen molar-refractivity contribution in [2.75, 3.05) is 25.2 Å². The lowest BCUT2D eigenvalue weighted by atomic mass is 10.1. The van der Waals surface area contributed by atoms with Crippen LogP contribution in [0.3, 0.4) is 0 Å². The summed E-state index contributed by atoms with van der Waals surface area (Å²) < 4.78 is 13.5. The molecule has 3 aromatic carbocycles. The van der Waals surface area contributed by atoms with Crippen molar-refractivity contribution in [1.29, 1.82) is 0 Å². The first kappa shape index (κ1) is 23.0. The summed E-state index contributed by atoms with van der Waals surface area (Å²) in [6.07, 6.45) is 1.29. The molecule has 6 heteroatoms. The summed E-state index contributed by atoms with van der Waals surface area (Å²) in [7, 11) is 1.65. The van der Waals surface area contributed by atoms with Crippen LogP contribution in [0, 0.1) is 13.8 Å². The van der Waals surface area contributed by atoms with E-state index in [1.54, 1.807) is 7.11 Å². The smallest absolute Gasteiger partial charge is 0.227 e. The third-order valence-corrected chi connectivity index (χ3v) is 6.65. The van der Waals surface area contributed by atoms with Crippen LogP contribution in [-0.4, -0.2) is 35.7 Å². The van der Waals surface area contributed by atoms with Crippen molar-refractivity contribution in [1.82, 2.24) is 9.55 Å². The van der Waals surface area contributed by atoms with Gasteiger partial charge in [-0.3, -0.25) is 4.79 Å². The second kappa shape index (κ2) is 9.82. The summed E-state index contributed by atoms with van der Waals surface area (Å²) in [6, 6.07) is 22.1. The standard InChI is InChI=1S/C29H31N3O3/c1-20-12-13-26(21(2)16-20)32-19-22(17-28(32)33)29-30-25-10-4-5-11-27(25)31(29)14-7-15-35-24-9-6-8-23(18-24)34-3/h4-6,8-13,16,18,22H,7,14-15,17,19H2,1-3H3. The van der Waals surface area contributed by atoms with Crippen molar-refractivity contribution < 1.29 is 14.3 Å². The number of amides is 1. The normalized spacial score (nSPS) is 15.7. The molecular formula is C29H31N3O3. The summed E-state index contributed by atoms with van der Waals surface area (Å²) in [5.74, 6) is 2.76. The van der Waals surface area contributed by atoms with Gasteiger partial charge in [0.25, 0.3) is 0 Å². The number of anilines is 1. The fourth-order valence-corrected chi connectivity index (χ4v) is 4.97. The van der Waals surface area contributed by atoms with E-state index >= 15 is 0 Å². The van der Waals surface area contributed by atoms with Gasteiger partial charge in [-0.1, -0.05) is 35.9 Å². The van der Waals surface area contributed by atoms with Crippen LogP contribution >= 0.6 is 0 Å². The summed E-state index contributed by atoms with van der Waals surface area (Å²) in [6.45, 7) is 6.14. The topological polar surface area (TPSA) is 56.6 Å². The zero-order valence-corrected chi connectivity index (χ0v) is 20.5. The average Bonchev–Trinajstić information content (AvgIpc) is 3.42. The minimum atomic E-state index is 0.0508. The molecule has 0 saturated carbocycles.